The van der Waals surface area contributed by atoms with Crippen LogP contribution < -0.4 is 4.74 Å². The SMILES string of the molecule is COc1cc(C)c(C(=O)C2CC3CCCC(C2)N3C(=O)OCc2ccccc2)cc1C. The van der Waals surface area contributed by atoms with Crippen LogP contribution in [0.4, 0.5) is 4.79 Å². The van der Waals surface area contributed by atoms with Gasteiger partial charge in [-0.2, -0.15) is 0 Å². The molecule has 0 spiro atoms. The number of aryl methyl sites for hydroxylation is 2. The number of hydrogen-bond donors (Lipinski definition) is 0. The highest BCUT2D eigenvalue weighted by atomic mass is 16.6. The van der Waals surface area contributed by atoms with E-state index in [4.69, 9.17) is 9.47 Å². The molecule has 2 saturated heterocycles. The monoisotopic (exact) mass is 421 g/mol. The van der Waals surface area contributed by atoms with Crippen molar-refractivity contribution in [2.45, 2.75) is 64.6 Å². The van der Waals surface area contributed by atoms with E-state index >= 15 is 0 Å². The van der Waals surface area contributed by atoms with Gasteiger partial charge in [0, 0.05) is 23.6 Å². The molecule has 164 valence electrons. The molecule has 0 radical (unpaired) electrons. The highest BCUT2D eigenvalue weighted by Gasteiger charge is 2.44. The zero-order valence-corrected chi connectivity index (χ0v) is 18.6. The van der Waals surface area contributed by atoms with Gasteiger partial charge in [0.1, 0.15) is 12.4 Å². The van der Waals surface area contributed by atoms with Crippen LogP contribution in [-0.4, -0.2) is 36.0 Å². The van der Waals surface area contributed by atoms with Crippen molar-refractivity contribution in [2.24, 2.45) is 5.92 Å². The van der Waals surface area contributed by atoms with Crippen molar-refractivity contribution in [1.82, 2.24) is 4.90 Å². The van der Waals surface area contributed by atoms with E-state index in [0.717, 1.165) is 47.3 Å². The Bertz CT molecular complexity index is 941. The Hall–Kier alpha value is -2.82. The van der Waals surface area contributed by atoms with Crippen LogP contribution in [0.15, 0.2) is 42.5 Å². The number of benzene rings is 2. The van der Waals surface area contributed by atoms with E-state index in [9.17, 15) is 9.59 Å². The Morgan fingerprint density at radius 2 is 1.68 bits per heavy atom. The number of ether oxygens (including phenoxy) is 2. The highest BCUT2D eigenvalue weighted by molar-refractivity contribution is 5.99. The number of ketones is 1. The van der Waals surface area contributed by atoms with Gasteiger partial charge in [-0.3, -0.25) is 4.79 Å². The zero-order valence-electron chi connectivity index (χ0n) is 18.6. The summed E-state index contributed by atoms with van der Waals surface area (Å²) in [5.41, 5.74) is 3.68. The molecule has 4 rings (SSSR count). The molecule has 5 heteroatoms. The van der Waals surface area contributed by atoms with E-state index in [1.165, 1.54) is 0 Å². The lowest BCUT2D eigenvalue weighted by atomic mass is 9.75. The Labute approximate surface area is 184 Å². The molecule has 2 fully saturated rings. The van der Waals surface area contributed by atoms with Crippen molar-refractivity contribution < 1.29 is 19.1 Å². The minimum Gasteiger partial charge on any atom is -0.496 e. The van der Waals surface area contributed by atoms with Gasteiger partial charge in [0.15, 0.2) is 5.78 Å². The average molecular weight is 422 g/mol. The number of hydrogen-bond acceptors (Lipinski definition) is 4. The molecule has 31 heavy (non-hydrogen) atoms. The predicted molar refractivity (Wildman–Crippen MR) is 119 cm³/mol. The lowest BCUT2D eigenvalue weighted by molar-refractivity contribution is 0.00471. The topological polar surface area (TPSA) is 55.8 Å². The second kappa shape index (κ2) is 9.13. The molecule has 5 nitrogen and oxygen atoms in total. The van der Waals surface area contributed by atoms with Gasteiger partial charge in [0.05, 0.1) is 7.11 Å². The first kappa shape index (κ1) is 21.4. The molecule has 0 saturated carbocycles. The molecular formula is C26H31NO4. The molecule has 2 aromatic carbocycles. The summed E-state index contributed by atoms with van der Waals surface area (Å²) in [4.78, 5) is 28.2. The number of piperidine rings is 2. The van der Waals surface area contributed by atoms with Crippen molar-refractivity contribution in [3.63, 3.8) is 0 Å². The summed E-state index contributed by atoms with van der Waals surface area (Å²) in [5, 5.41) is 0. The standard InChI is InChI=1S/C26H31NO4/c1-17-13-24(30-3)18(2)12-23(17)25(28)20-14-21-10-7-11-22(15-20)27(21)26(29)31-16-19-8-5-4-6-9-19/h4-6,8-9,12-13,20-22H,7,10-11,14-16H2,1-3H3. The molecule has 2 unspecified atom stereocenters. The van der Waals surface area contributed by atoms with E-state index in [0.29, 0.717) is 12.8 Å². The van der Waals surface area contributed by atoms with Crippen molar-refractivity contribution in [1.29, 1.82) is 0 Å². The number of amides is 1. The van der Waals surface area contributed by atoms with Crippen LogP contribution in [0.5, 0.6) is 5.75 Å². The molecule has 0 aliphatic carbocycles. The second-order valence-corrected chi connectivity index (χ2v) is 8.86. The van der Waals surface area contributed by atoms with Gasteiger partial charge >= 0.3 is 6.09 Å². The van der Waals surface area contributed by atoms with Gasteiger partial charge in [-0.05, 0) is 74.8 Å². The summed E-state index contributed by atoms with van der Waals surface area (Å²) in [5.74, 6) is 0.944. The third-order valence-corrected chi connectivity index (χ3v) is 6.77. The number of nitrogens with zero attached hydrogens (tertiary/aromatic N) is 1. The molecule has 2 heterocycles. The van der Waals surface area contributed by atoms with E-state index < -0.39 is 0 Å². The Balaban J connectivity index is 1.46. The third-order valence-electron chi connectivity index (χ3n) is 6.77. The molecule has 2 atom stereocenters. The second-order valence-electron chi connectivity index (χ2n) is 8.86. The third kappa shape index (κ3) is 4.46. The molecular weight excluding hydrogens is 390 g/mol. The molecule has 2 aromatic rings. The lowest BCUT2D eigenvalue weighted by Gasteiger charge is -2.47. The maximum Gasteiger partial charge on any atom is 0.410 e. The first-order chi connectivity index (χ1) is 15.0. The first-order valence-corrected chi connectivity index (χ1v) is 11.2. The number of fused-ring (bicyclic) bond motifs is 2. The number of rotatable bonds is 5. The maximum absolute atomic E-state index is 13.4. The van der Waals surface area contributed by atoms with Crippen molar-refractivity contribution in [2.75, 3.05) is 7.11 Å². The zero-order chi connectivity index (χ0) is 22.0. The minimum absolute atomic E-state index is 0.0556. The Morgan fingerprint density at radius 3 is 2.32 bits per heavy atom. The fourth-order valence-electron chi connectivity index (χ4n) is 5.18. The molecule has 2 bridgehead atoms. The van der Waals surface area contributed by atoms with Crippen LogP contribution in [0.3, 0.4) is 0 Å². The van der Waals surface area contributed by atoms with Crippen molar-refractivity contribution in [3.8, 4) is 5.75 Å². The minimum atomic E-state index is -0.249. The summed E-state index contributed by atoms with van der Waals surface area (Å²) in [7, 11) is 1.65. The van der Waals surface area contributed by atoms with Gasteiger partial charge in [-0.15, -0.1) is 0 Å². The van der Waals surface area contributed by atoms with E-state index in [1.807, 2.05) is 61.2 Å². The van der Waals surface area contributed by atoms with Crippen LogP contribution in [-0.2, 0) is 11.3 Å². The van der Waals surface area contributed by atoms with Crippen LogP contribution in [0, 0.1) is 19.8 Å². The van der Waals surface area contributed by atoms with Gasteiger partial charge in [0.25, 0.3) is 0 Å². The molecule has 2 aliphatic heterocycles. The van der Waals surface area contributed by atoms with E-state index in [-0.39, 0.29) is 36.5 Å². The van der Waals surface area contributed by atoms with Gasteiger partial charge in [-0.1, -0.05) is 30.3 Å². The number of Topliss-reactive ketones (excluding diaryl/α,β-unsaturated/α-hetero) is 1. The molecule has 0 aromatic heterocycles. The quantitative estimate of drug-likeness (QED) is 0.601. The fraction of sp³-hybridized carbons (Fsp3) is 0.462. The normalized spacial score (nSPS) is 22.7. The van der Waals surface area contributed by atoms with Crippen LogP contribution in [0.25, 0.3) is 0 Å². The fourth-order valence-corrected chi connectivity index (χ4v) is 5.18. The largest absolute Gasteiger partial charge is 0.496 e. The summed E-state index contributed by atoms with van der Waals surface area (Å²) >= 11 is 0. The lowest BCUT2D eigenvalue weighted by Crippen LogP contribution is -2.55. The van der Waals surface area contributed by atoms with Gasteiger partial charge < -0.3 is 14.4 Å². The summed E-state index contributed by atoms with van der Waals surface area (Å²) < 4.78 is 11.0. The number of carbonyl (C=O) groups excluding carboxylic acids is 2. The van der Waals surface area contributed by atoms with E-state index in [2.05, 4.69) is 0 Å². The van der Waals surface area contributed by atoms with Crippen molar-refractivity contribution in [3.05, 3.63) is 64.7 Å². The summed E-state index contributed by atoms with van der Waals surface area (Å²) in [6.07, 6.45) is 4.13. The molecule has 1 amide bonds. The Kier molecular flexibility index (Phi) is 6.30. The number of carbonyl (C=O) groups is 2. The molecule has 0 N–H and O–H groups in total. The van der Waals surface area contributed by atoms with Gasteiger partial charge in [-0.25, -0.2) is 4.79 Å². The summed E-state index contributed by atoms with van der Waals surface area (Å²) in [6, 6.07) is 13.8. The number of methoxy groups -OCH3 is 1. The van der Waals surface area contributed by atoms with Gasteiger partial charge in [0.2, 0.25) is 0 Å². The highest BCUT2D eigenvalue weighted by Crippen LogP contribution is 2.39. The van der Waals surface area contributed by atoms with Crippen LogP contribution in [0.2, 0.25) is 0 Å². The first-order valence-electron chi connectivity index (χ1n) is 11.2. The maximum atomic E-state index is 13.4. The summed E-state index contributed by atoms with van der Waals surface area (Å²) in [6.45, 7) is 4.21. The smallest absolute Gasteiger partial charge is 0.410 e. The van der Waals surface area contributed by atoms with Crippen molar-refractivity contribution >= 4 is 11.9 Å². The Morgan fingerprint density at radius 1 is 1.00 bits per heavy atom. The van der Waals surface area contributed by atoms with Crippen LogP contribution in [0.1, 0.15) is 59.2 Å². The average Bonchev–Trinajstić information content (AvgIpc) is 2.78. The van der Waals surface area contributed by atoms with Crippen LogP contribution >= 0.6 is 0 Å². The molecule has 2 aliphatic rings. The predicted octanol–water partition coefficient (Wildman–Crippen LogP) is 5.46. The van der Waals surface area contributed by atoms with E-state index in [1.54, 1.807) is 7.11 Å².